The van der Waals surface area contributed by atoms with Gasteiger partial charge in [-0.25, -0.2) is 28.2 Å². The molecule has 3 rings (SSSR count). The summed E-state index contributed by atoms with van der Waals surface area (Å²) in [6.45, 7) is 1.66. The van der Waals surface area contributed by atoms with Gasteiger partial charge >= 0.3 is 0 Å². The molecule has 0 unspecified atom stereocenters. The molecule has 2 heterocycles. The zero-order chi connectivity index (χ0) is 16.7. The highest BCUT2D eigenvalue weighted by atomic mass is 19.3. The second-order valence-corrected chi connectivity index (χ2v) is 4.94. The van der Waals surface area contributed by atoms with Crippen molar-refractivity contribution in [2.24, 2.45) is 5.11 Å². The highest BCUT2D eigenvalue weighted by Gasteiger charge is 2.18. The van der Waals surface area contributed by atoms with Crippen LogP contribution in [0.15, 0.2) is 29.5 Å². The van der Waals surface area contributed by atoms with Crippen molar-refractivity contribution in [1.29, 1.82) is 5.53 Å². The van der Waals surface area contributed by atoms with Gasteiger partial charge in [0.2, 0.25) is 0 Å². The van der Waals surface area contributed by atoms with Gasteiger partial charge in [0.25, 0.3) is 6.43 Å². The van der Waals surface area contributed by atoms with Gasteiger partial charge in [-0.1, -0.05) is 0 Å². The molecule has 0 saturated heterocycles. The third-order valence-electron chi connectivity index (χ3n) is 3.33. The number of benzene rings is 1. The van der Waals surface area contributed by atoms with Crippen molar-refractivity contribution in [3.8, 4) is 11.3 Å². The number of imidazole rings is 1. The van der Waals surface area contributed by atoms with Crippen LogP contribution in [0.25, 0.3) is 16.9 Å². The molecule has 0 saturated carbocycles. The molecule has 23 heavy (non-hydrogen) atoms. The Kier molecular flexibility index (Phi) is 3.47. The van der Waals surface area contributed by atoms with E-state index < -0.39 is 12.2 Å². The fraction of sp³-hybridized carbons (Fsp3) is 0.143. The Balaban J connectivity index is 2.28. The molecule has 9 heteroatoms. The van der Waals surface area contributed by atoms with Crippen molar-refractivity contribution in [2.45, 2.75) is 13.3 Å². The number of halogens is 3. The van der Waals surface area contributed by atoms with Crippen molar-refractivity contribution < 1.29 is 13.2 Å². The lowest BCUT2D eigenvalue weighted by molar-refractivity contribution is 0.152. The topological polar surface area (TPSA) is 92.4 Å². The number of anilines is 1. The van der Waals surface area contributed by atoms with Gasteiger partial charge < -0.3 is 5.73 Å². The quantitative estimate of drug-likeness (QED) is 0.563. The molecule has 0 aliphatic heterocycles. The van der Waals surface area contributed by atoms with Crippen LogP contribution in [0.4, 0.5) is 24.5 Å². The summed E-state index contributed by atoms with van der Waals surface area (Å²) in [4.78, 5) is 4.01. The van der Waals surface area contributed by atoms with Crippen LogP contribution >= 0.6 is 0 Å². The Bertz CT molecular complexity index is 919. The van der Waals surface area contributed by atoms with Crippen LogP contribution in [0, 0.1) is 18.3 Å². The van der Waals surface area contributed by atoms with Gasteiger partial charge in [0.1, 0.15) is 11.5 Å². The van der Waals surface area contributed by atoms with Crippen LogP contribution in [0.3, 0.4) is 0 Å². The predicted molar refractivity (Wildman–Crippen MR) is 77.3 cm³/mol. The molecular weight excluding hydrogens is 309 g/mol. The van der Waals surface area contributed by atoms with E-state index in [9.17, 15) is 13.2 Å². The average Bonchev–Trinajstić information content (AvgIpc) is 2.88. The zero-order valence-corrected chi connectivity index (χ0v) is 11.9. The molecule has 3 aromatic rings. The predicted octanol–water partition coefficient (Wildman–Crippen LogP) is 4.03. The number of nitrogens with two attached hydrogens (primary N) is 1. The molecule has 0 aliphatic rings. The third kappa shape index (κ3) is 2.50. The molecule has 118 valence electrons. The van der Waals surface area contributed by atoms with Crippen LogP contribution in [-0.4, -0.2) is 14.6 Å². The van der Waals surface area contributed by atoms with Gasteiger partial charge in [-0.15, -0.1) is 0 Å². The molecular formula is C14H11F3N6. The first-order valence-electron chi connectivity index (χ1n) is 6.52. The summed E-state index contributed by atoms with van der Waals surface area (Å²) in [5, 5.41) is 7.30. The fourth-order valence-electron chi connectivity index (χ4n) is 2.26. The number of fused-ring (bicyclic) bond motifs is 1. The molecule has 0 fully saturated rings. The minimum atomic E-state index is -2.76. The molecule has 0 aliphatic carbocycles. The van der Waals surface area contributed by atoms with E-state index in [1.54, 1.807) is 6.92 Å². The van der Waals surface area contributed by atoms with Gasteiger partial charge in [-0.2, -0.15) is 10.2 Å². The number of aryl methyl sites for hydroxylation is 1. The maximum absolute atomic E-state index is 13.8. The van der Waals surface area contributed by atoms with Crippen molar-refractivity contribution in [2.75, 3.05) is 5.73 Å². The minimum absolute atomic E-state index is 0.0440. The van der Waals surface area contributed by atoms with Crippen LogP contribution in [0.5, 0.6) is 0 Å². The van der Waals surface area contributed by atoms with E-state index in [1.807, 2.05) is 0 Å². The average molecular weight is 320 g/mol. The van der Waals surface area contributed by atoms with E-state index >= 15 is 0 Å². The van der Waals surface area contributed by atoms with E-state index in [0.717, 1.165) is 12.1 Å². The summed E-state index contributed by atoms with van der Waals surface area (Å²) in [7, 11) is 0. The number of aromatic nitrogens is 3. The van der Waals surface area contributed by atoms with Crippen molar-refractivity contribution in [3.63, 3.8) is 0 Å². The lowest BCUT2D eigenvalue weighted by atomic mass is 10.1. The lowest BCUT2D eigenvalue weighted by Gasteiger charge is -2.09. The highest BCUT2D eigenvalue weighted by molar-refractivity contribution is 5.73. The number of hydrogen-bond donors (Lipinski definition) is 2. The summed E-state index contributed by atoms with van der Waals surface area (Å²) in [5.74, 6) is -0.796. The standard InChI is InChI=1S/C14H11F3N6/c1-6-5-23-14(20-6)8(13(16)17)4-10(22-23)7-2-9(15)12(18)11(3-7)21-19/h2-5,13,19H,18H2,1H3. The van der Waals surface area contributed by atoms with Crippen LogP contribution in [0.2, 0.25) is 0 Å². The smallest absolute Gasteiger partial charge is 0.267 e. The van der Waals surface area contributed by atoms with E-state index in [4.69, 9.17) is 11.3 Å². The summed E-state index contributed by atoms with van der Waals surface area (Å²) < 4.78 is 41.6. The first-order valence-corrected chi connectivity index (χ1v) is 6.52. The van der Waals surface area contributed by atoms with E-state index in [-0.39, 0.29) is 33.8 Å². The van der Waals surface area contributed by atoms with Crippen molar-refractivity contribution in [3.05, 3.63) is 41.5 Å². The Morgan fingerprint density at radius 3 is 2.70 bits per heavy atom. The first-order chi connectivity index (χ1) is 10.9. The number of nitrogen functional groups attached to an aromatic ring is 1. The van der Waals surface area contributed by atoms with Gasteiger partial charge in [0.05, 0.1) is 28.8 Å². The minimum Gasteiger partial charge on any atom is -0.395 e. The Labute approximate surface area is 128 Å². The molecule has 1 aromatic carbocycles. The van der Waals surface area contributed by atoms with Gasteiger partial charge in [-0.3, -0.25) is 0 Å². The molecule has 0 amide bonds. The van der Waals surface area contributed by atoms with Crippen LogP contribution < -0.4 is 5.73 Å². The molecule has 0 spiro atoms. The second kappa shape index (κ2) is 5.34. The van der Waals surface area contributed by atoms with E-state index in [1.165, 1.54) is 16.8 Å². The van der Waals surface area contributed by atoms with Crippen molar-refractivity contribution >= 4 is 17.0 Å². The number of alkyl halides is 2. The summed E-state index contributed by atoms with van der Waals surface area (Å²) >= 11 is 0. The lowest BCUT2D eigenvalue weighted by Crippen LogP contribution is -2.00. The summed E-state index contributed by atoms with van der Waals surface area (Å²) in [5.41, 5.74) is 12.7. The number of hydrogen-bond acceptors (Lipinski definition) is 5. The Morgan fingerprint density at radius 2 is 2.04 bits per heavy atom. The molecule has 2 aromatic heterocycles. The van der Waals surface area contributed by atoms with E-state index in [0.29, 0.717) is 5.69 Å². The van der Waals surface area contributed by atoms with Crippen LogP contribution in [-0.2, 0) is 0 Å². The Hall–Kier alpha value is -2.97. The molecule has 0 radical (unpaired) electrons. The van der Waals surface area contributed by atoms with Crippen LogP contribution in [0.1, 0.15) is 17.7 Å². The van der Waals surface area contributed by atoms with Gasteiger partial charge in [-0.05, 0) is 25.1 Å². The second-order valence-electron chi connectivity index (χ2n) is 4.94. The number of rotatable bonds is 3. The Morgan fingerprint density at radius 1 is 1.30 bits per heavy atom. The number of nitrogens with zero attached hydrogens (tertiary/aromatic N) is 4. The monoisotopic (exact) mass is 320 g/mol. The normalized spacial score (nSPS) is 11.3. The SMILES string of the molecule is Cc1cn2nc(-c3cc(F)c(N)c(N=N)c3)cc(C(F)F)c2n1. The van der Waals surface area contributed by atoms with E-state index in [2.05, 4.69) is 15.2 Å². The van der Waals surface area contributed by atoms with Crippen molar-refractivity contribution in [1.82, 2.24) is 14.6 Å². The molecule has 3 N–H and O–H groups in total. The largest absolute Gasteiger partial charge is 0.395 e. The fourth-order valence-corrected chi connectivity index (χ4v) is 2.26. The zero-order valence-electron chi connectivity index (χ0n) is 11.9. The maximum atomic E-state index is 13.8. The van der Waals surface area contributed by atoms with Gasteiger partial charge in [0, 0.05) is 5.56 Å². The number of nitrogens with one attached hydrogen (secondary N) is 1. The van der Waals surface area contributed by atoms with Gasteiger partial charge in [0.15, 0.2) is 5.65 Å². The summed E-state index contributed by atoms with van der Waals surface area (Å²) in [6, 6.07) is 3.53. The maximum Gasteiger partial charge on any atom is 0.267 e. The third-order valence-corrected chi connectivity index (χ3v) is 3.33. The molecule has 0 atom stereocenters. The molecule has 0 bridgehead atoms. The summed E-state index contributed by atoms with van der Waals surface area (Å²) in [6.07, 6.45) is -1.27. The highest BCUT2D eigenvalue weighted by Crippen LogP contribution is 2.33. The molecule has 6 nitrogen and oxygen atoms in total. The first kappa shape index (κ1) is 14.9.